The molecule has 0 bridgehead atoms. The summed E-state index contributed by atoms with van der Waals surface area (Å²) >= 11 is 0. The lowest BCUT2D eigenvalue weighted by Crippen LogP contribution is -2.57. The first-order chi connectivity index (χ1) is 14.2. The van der Waals surface area contributed by atoms with Crippen molar-refractivity contribution < 1.29 is 10.2 Å². The molecular weight excluding hydrogens is 370 g/mol. The highest BCUT2D eigenvalue weighted by atomic mass is 16.3. The summed E-state index contributed by atoms with van der Waals surface area (Å²) in [7, 11) is 0. The van der Waals surface area contributed by atoms with E-state index in [0.717, 1.165) is 49.5 Å². The molecule has 6 rings (SSSR count). The summed E-state index contributed by atoms with van der Waals surface area (Å²) in [6.07, 6.45) is 11.4. The Kier molecular flexibility index (Phi) is 4.44. The number of fused-ring (bicyclic) bond motifs is 9. The minimum atomic E-state index is -0.164. The van der Waals surface area contributed by atoms with Crippen LogP contribution >= 0.6 is 0 Å². The van der Waals surface area contributed by atoms with Crippen LogP contribution in [0.2, 0.25) is 0 Å². The van der Waals surface area contributed by atoms with E-state index in [0.29, 0.717) is 23.8 Å². The first-order valence-corrected chi connectivity index (χ1v) is 13.1. The van der Waals surface area contributed by atoms with E-state index in [9.17, 15) is 10.2 Å². The second-order valence-electron chi connectivity index (χ2n) is 12.9. The van der Waals surface area contributed by atoms with Crippen molar-refractivity contribution in [2.75, 3.05) is 6.54 Å². The molecule has 2 aliphatic heterocycles. The number of rotatable bonds is 0. The molecule has 2 heterocycles. The summed E-state index contributed by atoms with van der Waals surface area (Å²) in [5, 5.41) is 22.1. The van der Waals surface area contributed by atoms with Gasteiger partial charge in [0.1, 0.15) is 0 Å². The summed E-state index contributed by atoms with van der Waals surface area (Å²) < 4.78 is 0. The van der Waals surface area contributed by atoms with Gasteiger partial charge in [0.25, 0.3) is 0 Å². The number of allylic oxidation sites excluding steroid dienone is 1. The Labute approximate surface area is 183 Å². The molecule has 0 unspecified atom stereocenters. The van der Waals surface area contributed by atoms with Gasteiger partial charge in [-0.15, -0.1) is 0 Å². The van der Waals surface area contributed by atoms with E-state index >= 15 is 0 Å². The molecule has 2 N–H and O–H groups in total. The van der Waals surface area contributed by atoms with Gasteiger partial charge in [-0.2, -0.15) is 0 Å². The van der Waals surface area contributed by atoms with Gasteiger partial charge in [-0.3, -0.25) is 4.90 Å². The van der Waals surface area contributed by atoms with Crippen molar-refractivity contribution in [1.29, 1.82) is 0 Å². The molecule has 30 heavy (non-hydrogen) atoms. The molecule has 3 heteroatoms. The Bertz CT molecular complexity index is 749. The molecule has 3 saturated carbocycles. The topological polar surface area (TPSA) is 43.7 Å². The van der Waals surface area contributed by atoms with Crippen molar-refractivity contribution in [2.45, 2.75) is 103 Å². The largest absolute Gasteiger partial charge is 0.393 e. The zero-order chi connectivity index (χ0) is 21.0. The molecule has 5 fully saturated rings. The predicted octanol–water partition coefficient (Wildman–Crippen LogP) is 4.63. The van der Waals surface area contributed by atoms with Crippen LogP contribution < -0.4 is 0 Å². The Morgan fingerprint density at radius 1 is 1.00 bits per heavy atom. The number of aliphatic hydroxyl groups excluding tert-OH is 2. The van der Waals surface area contributed by atoms with Gasteiger partial charge < -0.3 is 10.2 Å². The van der Waals surface area contributed by atoms with E-state index in [1.54, 1.807) is 0 Å². The Hall–Kier alpha value is -0.380. The third kappa shape index (κ3) is 2.44. The highest BCUT2D eigenvalue weighted by Gasteiger charge is 2.69. The van der Waals surface area contributed by atoms with Crippen LogP contribution in [0.1, 0.15) is 79.1 Å². The van der Waals surface area contributed by atoms with Gasteiger partial charge >= 0.3 is 0 Å². The lowest BCUT2D eigenvalue weighted by molar-refractivity contribution is -0.135. The fourth-order valence-corrected chi connectivity index (χ4v) is 10.3. The van der Waals surface area contributed by atoms with Crippen molar-refractivity contribution in [3.05, 3.63) is 11.6 Å². The maximum atomic E-state index is 11.8. The Morgan fingerprint density at radius 2 is 1.80 bits per heavy atom. The first kappa shape index (κ1) is 20.2. The minimum absolute atomic E-state index is 0.0850. The van der Waals surface area contributed by atoms with Crippen LogP contribution in [0.4, 0.5) is 0 Å². The number of hydrogen-bond donors (Lipinski definition) is 2. The maximum absolute atomic E-state index is 11.8. The molecule has 6 aliphatic rings. The lowest BCUT2D eigenvalue weighted by atomic mass is 9.46. The van der Waals surface area contributed by atoms with Crippen LogP contribution in [0.5, 0.6) is 0 Å². The summed E-state index contributed by atoms with van der Waals surface area (Å²) in [4.78, 5) is 2.91. The molecule has 2 saturated heterocycles. The van der Waals surface area contributed by atoms with Crippen LogP contribution in [0.15, 0.2) is 11.6 Å². The van der Waals surface area contributed by atoms with Gasteiger partial charge in [-0.25, -0.2) is 0 Å². The molecule has 0 radical (unpaired) electrons. The minimum Gasteiger partial charge on any atom is -0.393 e. The highest BCUT2D eigenvalue weighted by Crippen LogP contribution is 2.69. The molecule has 3 nitrogen and oxygen atoms in total. The van der Waals surface area contributed by atoms with Crippen LogP contribution in [0, 0.1) is 46.3 Å². The van der Waals surface area contributed by atoms with Crippen LogP contribution in [0.25, 0.3) is 0 Å². The van der Waals surface area contributed by atoms with Gasteiger partial charge in [0, 0.05) is 24.0 Å². The molecule has 12 atom stereocenters. The quantitative estimate of drug-likeness (QED) is 0.569. The van der Waals surface area contributed by atoms with Crippen LogP contribution in [-0.2, 0) is 0 Å². The third-order valence-electron chi connectivity index (χ3n) is 11.8. The third-order valence-corrected chi connectivity index (χ3v) is 11.8. The van der Waals surface area contributed by atoms with Crippen molar-refractivity contribution in [2.24, 2.45) is 46.3 Å². The normalized spacial score (nSPS) is 60.1. The van der Waals surface area contributed by atoms with E-state index < -0.39 is 0 Å². The highest BCUT2D eigenvalue weighted by molar-refractivity contribution is 5.27. The van der Waals surface area contributed by atoms with E-state index in [2.05, 4.69) is 38.7 Å². The molecule has 4 aliphatic carbocycles. The average molecular weight is 414 g/mol. The molecule has 0 aromatic rings. The zero-order valence-electron chi connectivity index (χ0n) is 19.6. The lowest BCUT2D eigenvalue weighted by Gasteiger charge is -2.60. The van der Waals surface area contributed by atoms with Gasteiger partial charge in [-0.1, -0.05) is 39.3 Å². The van der Waals surface area contributed by atoms with Crippen molar-refractivity contribution in [1.82, 2.24) is 4.90 Å². The Balaban J connectivity index is 1.36. The standard InChI is InChI=1S/C27H43NO2/c1-15-5-8-22-16(2)25-23(28(22)14-15)12-21-19-7-6-17-11-18(29)9-10-26(17,3)20(19)13-24(30)27(21,25)4/h6,15-16,18-25,29-30H,5,7-14H2,1-4H3/t15-,16+,18-,19-,20+,21-,22+,23+,24-,25-,26+,27-/m0/s1. The Morgan fingerprint density at radius 3 is 2.60 bits per heavy atom. The number of piperidine rings is 1. The van der Waals surface area contributed by atoms with Gasteiger partial charge in [0.2, 0.25) is 0 Å². The fourth-order valence-electron chi connectivity index (χ4n) is 10.3. The van der Waals surface area contributed by atoms with E-state index in [1.165, 1.54) is 37.8 Å². The summed E-state index contributed by atoms with van der Waals surface area (Å²) in [5.74, 6) is 4.19. The van der Waals surface area contributed by atoms with Crippen LogP contribution in [0.3, 0.4) is 0 Å². The van der Waals surface area contributed by atoms with Gasteiger partial charge in [-0.05, 0) is 92.3 Å². The molecule has 0 spiro atoms. The van der Waals surface area contributed by atoms with E-state index in [4.69, 9.17) is 0 Å². The van der Waals surface area contributed by atoms with Crippen molar-refractivity contribution in [3.63, 3.8) is 0 Å². The number of aliphatic hydroxyl groups is 2. The SMILES string of the molecule is C[C@H]1CC[C@@H]2[C@@H](C)[C@H]3[C@@H](C[C@H]4[C@H]5CC=C6C[C@@H](O)CC[C@@]6(C)[C@@H]5C[C@H](O)[C@@]34C)N2C1. The molecule has 168 valence electrons. The average Bonchev–Trinajstić information content (AvgIpc) is 3.17. The van der Waals surface area contributed by atoms with Crippen molar-refractivity contribution >= 4 is 0 Å². The predicted molar refractivity (Wildman–Crippen MR) is 120 cm³/mol. The monoisotopic (exact) mass is 413 g/mol. The maximum Gasteiger partial charge on any atom is 0.0603 e. The first-order valence-electron chi connectivity index (χ1n) is 13.1. The summed E-state index contributed by atoms with van der Waals surface area (Å²) in [6, 6.07) is 1.46. The smallest absolute Gasteiger partial charge is 0.0603 e. The second kappa shape index (κ2) is 6.58. The second-order valence-corrected chi connectivity index (χ2v) is 12.9. The summed E-state index contributed by atoms with van der Waals surface area (Å²) in [6.45, 7) is 11.2. The molecule has 0 amide bonds. The van der Waals surface area contributed by atoms with E-state index in [-0.39, 0.29) is 23.0 Å². The summed E-state index contributed by atoms with van der Waals surface area (Å²) in [5.41, 5.74) is 1.80. The molecular formula is C27H43NO2. The number of hydrogen-bond acceptors (Lipinski definition) is 3. The van der Waals surface area contributed by atoms with Crippen LogP contribution in [-0.4, -0.2) is 45.9 Å². The fraction of sp³-hybridized carbons (Fsp3) is 0.926. The van der Waals surface area contributed by atoms with Gasteiger partial charge in [0.05, 0.1) is 12.2 Å². The van der Waals surface area contributed by atoms with Gasteiger partial charge in [0.15, 0.2) is 0 Å². The molecule has 0 aromatic carbocycles. The number of nitrogens with zero attached hydrogens (tertiary/aromatic N) is 1. The van der Waals surface area contributed by atoms with E-state index in [1.807, 2.05) is 0 Å². The van der Waals surface area contributed by atoms with Crippen molar-refractivity contribution in [3.8, 4) is 0 Å². The molecule has 0 aromatic heterocycles. The zero-order valence-corrected chi connectivity index (χ0v) is 19.6.